The Morgan fingerprint density at radius 2 is 1.94 bits per heavy atom. The van der Waals surface area contributed by atoms with Gasteiger partial charge in [-0.3, -0.25) is 0 Å². The maximum absolute atomic E-state index is 10.3. The van der Waals surface area contributed by atoms with Gasteiger partial charge in [-0.1, -0.05) is 6.92 Å². The maximum Gasteiger partial charge on any atom is 0.122 e. The minimum atomic E-state index is -0.314. The molecule has 1 aliphatic rings. The van der Waals surface area contributed by atoms with E-state index in [-0.39, 0.29) is 16.3 Å². The average molecular weight is 266 g/mol. The molecular weight excluding hydrogens is 244 g/mol. The Bertz CT molecular complexity index is 209. The summed E-state index contributed by atoms with van der Waals surface area (Å²) in [6, 6.07) is 0. The molecule has 5 heteroatoms. The van der Waals surface area contributed by atoms with Gasteiger partial charge in [-0.15, -0.1) is 0 Å². The van der Waals surface area contributed by atoms with Crippen LogP contribution in [0.2, 0.25) is 0 Å². The number of methoxy groups -OCH3 is 1. The molecule has 0 N–H and O–H groups in total. The molecule has 16 heavy (non-hydrogen) atoms. The van der Waals surface area contributed by atoms with Gasteiger partial charge in [0.25, 0.3) is 0 Å². The Morgan fingerprint density at radius 3 is 2.31 bits per heavy atom. The summed E-state index contributed by atoms with van der Waals surface area (Å²) < 4.78 is 9.58. The van der Waals surface area contributed by atoms with E-state index in [1.807, 2.05) is 6.92 Å². The highest BCUT2D eigenvalue weighted by atomic mass is 32.2. The van der Waals surface area contributed by atoms with Crippen LogP contribution in [0, 0.1) is 5.92 Å². The highest BCUT2D eigenvalue weighted by molar-refractivity contribution is 8.00. The number of aldehydes is 1. The van der Waals surface area contributed by atoms with E-state index in [2.05, 4.69) is 36.9 Å². The molecule has 0 aromatic heterocycles. The van der Waals surface area contributed by atoms with Gasteiger partial charge in [0.15, 0.2) is 0 Å². The first kappa shape index (κ1) is 16.3. The van der Waals surface area contributed by atoms with Crippen molar-refractivity contribution in [3.05, 3.63) is 0 Å². The van der Waals surface area contributed by atoms with Crippen molar-refractivity contribution in [1.29, 1.82) is 0 Å². The lowest BCUT2D eigenvalue weighted by atomic mass is 9.92. The zero-order chi connectivity index (χ0) is 12.8. The van der Waals surface area contributed by atoms with Gasteiger partial charge < -0.3 is 14.3 Å². The third-order valence-electron chi connectivity index (χ3n) is 2.73. The van der Waals surface area contributed by atoms with Crippen molar-refractivity contribution >= 4 is 31.5 Å². The fraction of sp³-hybridized carbons (Fsp3) is 0.909. The number of rotatable bonds is 2. The molecule has 1 saturated heterocycles. The molecule has 0 amide bonds. The second kappa shape index (κ2) is 7.58. The number of hydrogen-bond acceptors (Lipinski definition) is 5. The second-order valence-corrected chi connectivity index (χ2v) is 6.09. The van der Waals surface area contributed by atoms with E-state index in [9.17, 15) is 4.79 Å². The lowest BCUT2D eigenvalue weighted by molar-refractivity contribution is -0.115. The normalized spacial score (nSPS) is 32.5. The molecule has 1 fully saturated rings. The van der Waals surface area contributed by atoms with Crippen molar-refractivity contribution in [3.63, 3.8) is 0 Å². The number of thiol groups is 2. The van der Waals surface area contributed by atoms with E-state index in [1.54, 1.807) is 14.2 Å². The lowest BCUT2D eigenvalue weighted by Crippen LogP contribution is -2.44. The topological polar surface area (TPSA) is 35.5 Å². The van der Waals surface area contributed by atoms with Gasteiger partial charge in [0.1, 0.15) is 6.29 Å². The number of ether oxygens (including phenoxy) is 2. The van der Waals surface area contributed by atoms with Gasteiger partial charge in [-0.05, 0) is 13.3 Å². The molecule has 0 aliphatic carbocycles. The number of carbonyl (C=O) groups is 1. The van der Waals surface area contributed by atoms with Crippen LogP contribution in [0.4, 0.5) is 0 Å². The van der Waals surface area contributed by atoms with E-state index >= 15 is 0 Å². The Hall–Kier alpha value is 0.290. The first-order chi connectivity index (χ1) is 7.38. The molecule has 3 unspecified atom stereocenters. The van der Waals surface area contributed by atoms with Gasteiger partial charge in [-0.2, -0.15) is 25.3 Å². The van der Waals surface area contributed by atoms with Crippen molar-refractivity contribution in [2.24, 2.45) is 5.92 Å². The largest absolute Gasteiger partial charge is 0.388 e. The monoisotopic (exact) mass is 266 g/mol. The fourth-order valence-electron chi connectivity index (χ4n) is 1.61. The average Bonchev–Trinajstić information content (AvgIpc) is 2.15. The van der Waals surface area contributed by atoms with Crippen LogP contribution in [0.25, 0.3) is 0 Å². The van der Waals surface area contributed by atoms with Gasteiger partial charge >= 0.3 is 0 Å². The summed E-state index contributed by atoms with van der Waals surface area (Å²) in [6.45, 7) is 4.07. The van der Waals surface area contributed by atoms with Gasteiger partial charge in [-0.25, -0.2) is 0 Å². The molecule has 0 saturated carbocycles. The van der Waals surface area contributed by atoms with Crippen molar-refractivity contribution in [1.82, 2.24) is 0 Å². The van der Waals surface area contributed by atoms with Crippen molar-refractivity contribution < 1.29 is 14.3 Å². The molecule has 0 aromatic carbocycles. The van der Waals surface area contributed by atoms with Crippen molar-refractivity contribution in [2.45, 2.75) is 43.0 Å². The summed E-state index contributed by atoms with van der Waals surface area (Å²) in [4.78, 5) is 10.3. The van der Waals surface area contributed by atoms with Crippen LogP contribution in [0.15, 0.2) is 0 Å². The molecule has 0 radical (unpaired) electrons. The summed E-state index contributed by atoms with van der Waals surface area (Å²) >= 11 is 8.99. The van der Waals surface area contributed by atoms with Gasteiger partial charge in [0, 0.05) is 26.6 Å². The van der Waals surface area contributed by atoms with Crippen LogP contribution >= 0.6 is 25.3 Å². The summed E-state index contributed by atoms with van der Waals surface area (Å²) in [7, 11) is 3.25. The molecule has 96 valence electrons. The quantitative estimate of drug-likeness (QED) is 0.457. The Labute approximate surface area is 109 Å². The number of carbonyl (C=O) groups excluding carboxylic acids is 1. The van der Waals surface area contributed by atoms with Gasteiger partial charge in [0.05, 0.1) is 16.3 Å². The molecule has 1 heterocycles. The van der Waals surface area contributed by atoms with E-state index in [1.165, 1.54) is 0 Å². The van der Waals surface area contributed by atoms with Crippen LogP contribution in [-0.4, -0.2) is 36.8 Å². The molecule has 3 atom stereocenters. The van der Waals surface area contributed by atoms with Gasteiger partial charge in [0.2, 0.25) is 0 Å². The van der Waals surface area contributed by atoms with Crippen LogP contribution in [0.3, 0.4) is 0 Å². The summed E-state index contributed by atoms with van der Waals surface area (Å²) in [5.74, 6) is 0.294. The Kier molecular flexibility index (Phi) is 7.72. The molecular formula is C11H22O3S2. The molecule has 1 rings (SSSR count). The third kappa shape index (κ3) is 5.08. The van der Waals surface area contributed by atoms with Crippen LogP contribution in [0.5, 0.6) is 0 Å². The molecule has 0 aromatic rings. The van der Waals surface area contributed by atoms with Crippen molar-refractivity contribution in [2.75, 3.05) is 14.2 Å². The van der Waals surface area contributed by atoms with E-state index < -0.39 is 0 Å². The van der Waals surface area contributed by atoms with Crippen molar-refractivity contribution in [3.8, 4) is 0 Å². The molecule has 3 nitrogen and oxygen atoms in total. The zero-order valence-corrected chi connectivity index (χ0v) is 12.1. The zero-order valence-electron chi connectivity index (χ0n) is 10.3. The van der Waals surface area contributed by atoms with E-state index in [0.717, 1.165) is 12.7 Å². The SMILES string of the molecule is CC1OC(CC=O)CC(S)(S)C1C.COC. The highest BCUT2D eigenvalue weighted by Gasteiger charge is 2.40. The standard InChI is InChI=1S/C9H16O2S2.C2H6O/c1-6-7(2)11-8(3-4-10)5-9(6,12)13;1-3-2/h4,6-8,12-13H,3,5H2,1-2H3;1-2H3. The first-order valence-corrected chi connectivity index (χ1v) is 6.22. The smallest absolute Gasteiger partial charge is 0.122 e. The molecule has 0 spiro atoms. The summed E-state index contributed by atoms with van der Waals surface area (Å²) in [6.07, 6.45) is 2.17. The Balaban J connectivity index is 0.000000673. The predicted octanol–water partition coefficient (Wildman–Crippen LogP) is 2.21. The lowest BCUT2D eigenvalue weighted by Gasteiger charge is -2.42. The van der Waals surface area contributed by atoms with Crippen LogP contribution in [-0.2, 0) is 14.3 Å². The minimum Gasteiger partial charge on any atom is -0.388 e. The highest BCUT2D eigenvalue weighted by Crippen LogP contribution is 2.42. The molecule has 0 bridgehead atoms. The predicted molar refractivity (Wildman–Crippen MR) is 72.4 cm³/mol. The van der Waals surface area contributed by atoms with E-state index in [0.29, 0.717) is 12.3 Å². The summed E-state index contributed by atoms with van der Waals surface area (Å²) in [5, 5.41) is 0. The van der Waals surface area contributed by atoms with E-state index in [4.69, 9.17) is 4.74 Å². The minimum absolute atomic E-state index is 0.0151. The fourth-order valence-corrected chi connectivity index (χ4v) is 2.44. The number of hydrogen-bond donors (Lipinski definition) is 2. The van der Waals surface area contributed by atoms with Crippen LogP contribution < -0.4 is 0 Å². The second-order valence-electron chi connectivity index (χ2n) is 4.15. The maximum atomic E-state index is 10.3. The molecule has 1 aliphatic heterocycles. The Morgan fingerprint density at radius 1 is 1.44 bits per heavy atom. The summed E-state index contributed by atoms with van der Waals surface area (Å²) in [5.41, 5.74) is 0. The van der Waals surface area contributed by atoms with Crippen LogP contribution in [0.1, 0.15) is 26.7 Å². The first-order valence-electron chi connectivity index (χ1n) is 5.33. The third-order valence-corrected chi connectivity index (χ3v) is 3.91.